The number of hydrogen-bond donors (Lipinski definition) is 1. The third-order valence-corrected chi connectivity index (χ3v) is 3.10. The minimum atomic E-state index is -0.595. The van der Waals surface area contributed by atoms with Crippen molar-refractivity contribution in [2.24, 2.45) is 5.92 Å². The van der Waals surface area contributed by atoms with E-state index in [1.807, 2.05) is 13.8 Å². The van der Waals surface area contributed by atoms with Gasteiger partial charge in [0.05, 0.1) is 16.8 Å². The highest BCUT2D eigenvalue weighted by Crippen LogP contribution is 2.26. The molecule has 0 aliphatic carbocycles. The van der Waals surface area contributed by atoms with Crippen LogP contribution in [0.3, 0.4) is 0 Å². The van der Waals surface area contributed by atoms with Crippen LogP contribution in [0.4, 0.5) is 4.79 Å². The quantitative estimate of drug-likeness (QED) is 0.843. The molecule has 0 bridgehead atoms. The van der Waals surface area contributed by atoms with Gasteiger partial charge in [0.1, 0.15) is 5.60 Å². The summed E-state index contributed by atoms with van der Waals surface area (Å²) in [6.07, 6.45) is 0.924. The first kappa shape index (κ1) is 18.4. The van der Waals surface area contributed by atoms with Gasteiger partial charge in [0.2, 0.25) is 0 Å². The van der Waals surface area contributed by atoms with Crippen molar-refractivity contribution in [1.29, 1.82) is 0 Å². The molecule has 1 aromatic heterocycles. The summed E-state index contributed by atoms with van der Waals surface area (Å²) >= 11 is 5.91. The van der Waals surface area contributed by atoms with Gasteiger partial charge < -0.3 is 10.1 Å². The van der Waals surface area contributed by atoms with Crippen molar-refractivity contribution in [3.63, 3.8) is 0 Å². The minimum Gasteiger partial charge on any atom is -0.444 e. The third-order valence-electron chi connectivity index (χ3n) is 2.90. The molecule has 1 amide bonds. The van der Waals surface area contributed by atoms with Crippen molar-refractivity contribution >= 4 is 23.5 Å². The summed E-state index contributed by atoms with van der Waals surface area (Å²) in [5.41, 5.74) is 0.308. The zero-order chi connectivity index (χ0) is 17.1. The number of nitrogens with zero attached hydrogens (tertiary/aromatic N) is 1. The Morgan fingerprint density at radius 2 is 1.91 bits per heavy atom. The van der Waals surface area contributed by atoms with E-state index in [9.17, 15) is 9.59 Å². The molecule has 5 nitrogen and oxygen atoms in total. The summed E-state index contributed by atoms with van der Waals surface area (Å²) in [7, 11) is 0. The number of nitrogens with one attached hydrogen (secondary N) is 1. The molecule has 1 atom stereocenters. The number of pyridine rings is 1. The molecule has 122 valence electrons. The number of hydrogen-bond acceptors (Lipinski definition) is 4. The number of amides is 1. The first-order valence-corrected chi connectivity index (χ1v) is 7.55. The highest BCUT2D eigenvalue weighted by molar-refractivity contribution is 6.30. The molecule has 1 N–H and O–H groups in total. The topological polar surface area (TPSA) is 68.3 Å². The van der Waals surface area contributed by atoms with Crippen LogP contribution >= 0.6 is 11.6 Å². The monoisotopic (exact) mass is 326 g/mol. The SMILES string of the molecule is CC(=O)c1cc(Cl)cnc1C(NC(=O)OC(C)(C)C)C(C)C. The summed E-state index contributed by atoms with van der Waals surface area (Å²) in [6.45, 7) is 10.7. The second-order valence-corrected chi connectivity index (χ2v) is 6.95. The van der Waals surface area contributed by atoms with Crippen molar-refractivity contribution in [3.8, 4) is 0 Å². The molecule has 0 fully saturated rings. The number of Topliss-reactive ketones (excluding diaryl/α,β-unsaturated/α-hetero) is 1. The smallest absolute Gasteiger partial charge is 0.408 e. The number of carbonyl (C=O) groups excluding carboxylic acids is 2. The normalized spacial score (nSPS) is 12.9. The molecule has 0 saturated carbocycles. The van der Waals surface area contributed by atoms with Gasteiger partial charge >= 0.3 is 6.09 Å². The molecule has 0 aromatic carbocycles. The molecule has 1 rings (SSSR count). The van der Waals surface area contributed by atoms with Crippen molar-refractivity contribution in [2.75, 3.05) is 0 Å². The van der Waals surface area contributed by atoms with Crippen LogP contribution in [0.1, 0.15) is 63.6 Å². The van der Waals surface area contributed by atoms with Crippen LogP contribution in [0.2, 0.25) is 5.02 Å². The van der Waals surface area contributed by atoms with Crippen LogP contribution in [0.15, 0.2) is 12.3 Å². The molecule has 1 aromatic rings. The van der Waals surface area contributed by atoms with E-state index in [0.29, 0.717) is 16.3 Å². The van der Waals surface area contributed by atoms with Crippen LogP contribution < -0.4 is 5.32 Å². The average Bonchev–Trinajstić information content (AvgIpc) is 2.33. The summed E-state index contributed by atoms with van der Waals surface area (Å²) in [6, 6.07) is 1.13. The van der Waals surface area contributed by atoms with Gasteiger partial charge in [-0.25, -0.2) is 4.79 Å². The number of alkyl carbamates (subject to hydrolysis) is 1. The Morgan fingerprint density at radius 1 is 1.32 bits per heavy atom. The molecule has 0 aliphatic rings. The molecular weight excluding hydrogens is 304 g/mol. The van der Waals surface area contributed by atoms with Crippen LogP contribution in [0.5, 0.6) is 0 Å². The predicted octanol–water partition coefficient (Wildman–Crippen LogP) is 4.16. The molecule has 1 heterocycles. The fourth-order valence-corrected chi connectivity index (χ4v) is 2.12. The van der Waals surface area contributed by atoms with Gasteiger partial charge in [-0.1, -0.05) is 25.4 Å². The van der Waals surface area contributed by atoms with Crippen molar-refractivity contribution in [2.45, 2.75) is 53.2 Å². The number of ketones is 1. The lowest BCUT2D eigenvalue weighted by molar-refractivity contribution is 0.0487. The fourth-order valence-electron chi connectivity index (χ4n) is 1.96. The first-order chi connectivity index (χ1) is 10.0. The van der Waals surface area contributed by atoms with Crippen molar-refractivity contribution in [1.82, 2.24) is 10.3 Å². The van der Waals surface area contributed by atoms with Gasteiger partial charge in [0, 0.05) is 11.8 Å². The van der Waals surface area contributed by atoms with E-state index in [-0.39, 0.29) is 11.7 Å². The first-order valence-electron chi connectivity index (χ1n) is 7.17. The largest absolute Gasteiger partial charge is 0.444 e. The summed E-state index contributed by atoms with van der Waals surface area (Å²) in [4.78, 5) is 28.1. The van der Waals surface area contributed by atoms with E-state index in [0.717, 1.165) is 0 Å². The standard InChI is InChI=1S/C16H23ClN2O3/c1-9(2)13(19-15(21)22-16(4,5)6)14-12(10(3)20)7-11(17)8-18-14/h7-9,13H,1-6H3,(H,19,21). The van der Waals surface area contributed by atoms with Crippen LogP contribution in [-0.4, -0.2) is 22.5 Å². The van der Waals surface area contributed by atoms with E-state index in [4.69, 9.17) is 16.3 Å². The number of aromatic nitrogens is 1. The maximum absolute atomic E-state index is 12.0. The highest BCUT2D eigenvalue weighted by Gasteiger charge is 2.26. The van der Waals surface area contributed by atoms with E-state index in [1.165, 1.54) is 13.1 Å². The lowest BCUT2D eigenvalue weighted by Crippen LogP contribution is -2.37. The molecule has 22 heavy (non-hydrogen) atoms. The van der Waals surface area contributed by atoms with Crippen LogP contribution in [0, 0.1) is 5.92 Å². The predicted molar refractivity (Wildman–Crippen MR) is 86.2 cm³/mol. The zero-order valence-electron chi connectivity index (χ0n) is 13.9. The van der Waals surface area contributed by atoms with Gasteiger partial charge in [0.25, 0.3) is 0 Å². The van der Waals surface area contributed by atoms with E-state index >= 15 is 0 Å². The van der Waals surface area contributed by atoms with E-state index < -0.39 is 17.7 Å². The molecular formula is C16H23ClN2O3. The van der Waals surface area contributed by atoms with E-state index in [1.54, 1.807) is 26.8 Å². The maximum Gasteiger partial charge on any atom is 0.408 e. The number of carbonyl (C=O) groups is 2. The number of ether oxygens (including phenoxy) is 1. The Bertz CT molecular complexity index is 565. The summed E-state index contributed by atoms with van der Waals surface area (Å²) in [5, 5.41) is 3.17. The van der Waals surface area contributed by atoms with Crippen LogP contribution in [0.25, 0.3) is 0 Å². The summed E-state index contributed by atoms with van der Waals surface area (Å²) < 4.78 is 5.28. The minimum absolute atomic E-state index is 0.0271. The molecule has 0 spiro atoms. The second-order valence-electron chi connectivity index (χ2n) is 6.51. The van der Waals surface area contributed by atoms with Gasteiger partial charge in [-0.3, -0.25) is 9.78 Å². The second kappa shape index (κ2) is 7.09. The Morgan fingerprint density at radius 3 is 2.36 bits per heavy atom. The van der Waals surface area contributed by atoms with Gasteiger partial charge in [-0.2, -0.15) is 0 Å². The van der Waals surface area contributed by atoms with Crippen molar-refractivity contribution in [3.05, 3.63) is 28.5 Å². The van der Waals surface area contributed by atoms with Gasteiger partial charge in [-0.15, -0.1) is 0 Å². The molecule has 6 heteroatoms. The fraction of sp³-hybridized carbons (Fsp3) is 0.562. The Hall–Kier alpha value is -1.62. The van der Waals surface area contributed by atoms with Gasteiger partial charge in [0.15, 0.2) is 5.78 Å². The third kappa shape index (κ3) is 5.30. The number of rotatable bonds is 4. The lowest BCUT2D eigenvalue weighted by Gasteiger charge is -2.26. The lowest BCUT2D eigenvalue weighted by atomic mass is 9.95. The molecule has 0 aliphatic heterocycles. The number of halogens is 1. The average molecular weight is 327 g/mol. The Labute approximate surface area is 136 Å². The Kier molecular flexibility index (Phi) is 5.94. The molecule has 0 saturated heterocycles. The zero-order valence-corrected chi connectivity index (χ0v) is 14.6. The molecule has 1 unspecified atom stereocenters. The maximum atomic E-state index is 12.0. The van der Waals surface area contributed by atoms with E-state index in [2.05, 4.69) is 10.3 Å². The Balaban J connectivity index is 3.12. The van der Waals surface area contributed by atoms with Crippen molar-refractivity contribution < 1.29 is 14.3 Å². The van der Waals surface area contributed by atoms with Gasteiger partial charge in [-0.05, 0) is 39.7 Å². The summed E-state index contributed by atoms with van der Waals surface area (Å²) in [5.74, 6) is -0.124. The highest BCUT2D eigenvalue weighted by atomic mass is 35.5. The molecule has 0 radical (unpaired) electrons. The van der Waals surface area contributed by atoms with Crippen LogP contribution in [-0.2, 0) is 4.74 Å².